The van der Waals surface area contributed by atoms with E-state index in [9.17, 15) is 0 Å². The molecule has 1 aromatic rings. The second-order valence-electron chi connectivity index (χ2n) is 7.00. The number of rotatable bonds is 8. The average molecular weight is 361 g/mol. The van der Waals surface area contributed by atoms with E-state index < -0.39 is 0 Å². The van der Waals surface area contributed by atoms with Crippen LogP contribution in [0.5, 0.6) is 5.75 Å². The van der Waals surface area contributed by atoms with Gasteiger partial charge in [0.15, 0.2) is 5.96 Å². The largest absolute Gasteiger partial charge is 0.493 e. The number of likely N-dealkylation sites (tertiary alicyclic amines) is 1. The number of aliphatic imine (C=N–C) groups is 1. The van der Waals surface area contributed by atoms with E-state index in [0.29, 0.717) is 6.04 Å². The van der Waals surface area contributed by atoms with E-state index in [1.165, 1.54) is 30.5 Å². The number of hydrogen-bond donors (Lipinski definition) is 2. The molecule has 0 aliphatic carbocycles. The fourth-order valence-electron chi connectivity index (χ4n) is 3.78. The van der Waals surface area contributed by atoms with Crippen molar-refractivity contribution in [3.63, 3.8) is 0 Å². The van der Waals surface area contributed by atoms with Crippen LogP contribution in [-0.2, 0) is 17.6 Å². The highest BCUT2D eigenvalue weighted by Crippen LogP contribution is 2.25. The Kier molecular flexibility index (Phi) is 7.14. The topological polar surface area (TPSA) is 58.1 Å². The van der Waals surface area contributed by atoms with Crippen LogP contribution in [-0.4, -0.2) is 70.5 Å². The lowest BCUT2D eigenvalue weighted by Gasteiger charge is -2.25. The van der Waals surface area contributed by atoms with E-state index in [1.54, 1.807) is 7.11 Å². The molecule has 0 radical (unpaired) electrons. The minimum absolute atomic E-state index is 0.570. The van der Waals surface area contributed by atoms with Crippen molar-refractivity contribution < 1.29 is 9.47 Å². The van der Waals surface area contributed by atoms with Crippen molar-refractivity contribution in [1.82, 2.24) is 15.5 Å². The Hall–Kier alpha value is -1.79. The molecule has 1 saturated heterocycles. The Morgan fingerprint density at radius 3 is 3.15 bits per heavy atom. The first-order valence-electron chi connectivity index (χ1n) is 9.72. The molecule has 2 N–H and O–H groups in total. The van der Waals surface area contributed by atoms with Gasteiger partial charge in [-0.15, -0.1) is 0 Å². The summed E-state index contributed by atoms with van der Waals surface area (Å²) in [7, 11) is 3.60. The van der Waals surface area contributed by atoms with Gasteiger partial charge < -0.3 is 20.1 Å². The Labute approximate surface area is 157 Å². The van der Waals surface area contributed by atoms with Gasteiger partial charge >= 0.3 is 0 Å². The number of methoxy groups -OCH3 is 1. The summed E-state index contributed by atoms with van der Waals surface area (Å²) >= 11 is 0. The summed E-state index contributed by atoms with van der Waals surface area (Å²) in [4.78, 5) is 6.87. The average Bonchev–Trinajstić information content (AvgIpc) is 3.31. The van der Waals surface area contributed by atoms with Gasteiger partial charge in [-0.25, -0.2) is 0 Å². The maximum Gasteiger partial charge on any atom is 0.191 e. The smallest absolute Gasteiger partial charge is 0.191 e. The third-order valence-electron chi connectivity index (χ3n) is 5.27. The first kappa shape index (κ1) is 19.0. The molecule has 6 nitrogen and oxygen atoms in total. The van der Waals surface area contributed by atoms with Gasteiger partial charge in [-0.1, -0.05) is 12.1 Å². The van der Waals surface area contributed by atoms with Crippen molar-refractivity contribution in [2.45, 2.75) is 31.7 Å². The summed E-state index contributed by atoms with van der Waals surface area (Å²) in [5.74, 6) is 1.93. The highest BCUT2D eigenvalue weighted by molar-refractivity contribution is 5.79. The van der Waals surface area contributed by atoms with E-state index in [1.807, 2.05) is 7.05 Å². The molecule has 2 heterocycles. The number of hydrogen-bond acceptors (Lipinski definition) is 4. The van der Waals surface area contributed by atoms with Crippen LogP contribution in [0.4, 0.5) is 0 Å². The standard InChI is InChI=1S/C20H32N4O2/c1-21-20(23-15-18-4-3-10-24(18)11-13-25-2)22-9-7-16-5-6-19-17(14-16)8-12-26-19/h5-6,14,18H,3-4,7-13,15H2,1-2H3,(H2,21,22,23). The van der Waals surface area contributed by atoms with Crippen LogP contribution < -0.4 is 15.4 Å². The van der Waals surface area contributed by atoms with Gasteiger partial charge in [0.25, 0.3) is 0 Å². The zero-order valence-corrected chi connectivity index (χ0v) is 16.1. The molecule has 0 saturated carbocycles. The highest BCUT2D eigenvalue weighted by Gasteiger charge is 2.23. The minimum atomic E-state index is 0.570. The lowest BCUT2D eigenvalue weighted by molar-refractivity contribution is 0.141. The number of ether oxygens (including phenoxy) is 2. The molecule has 1 aromatic carbocycles. The Balaban J connectivity index is 1.39. The Morgan fingerprint density at radius 2 is 2.31 bits per heavy atom. The van der Waals surface area contributed by atoms with Crippen LogP contribution in [0, 0.1) is 0 Å². The van der Waals surface area contributed by atoms with E-state index >= 15 is 0 Å². The minimum Gasteiger partial charge on any atom is -0.493 e. The van der Waals surface area contributed by atoms with E-state index in [2.05, 4.69) is 38.7 Å². The lowest BCUT2D eigenvalue weighted by Crippen LogP contribution is -2.45. The van der Waals surface area contributed by atoms with Gasteiger partial charge in [-0.05, 0) is 43.0 Å². The van der Waals surface area contributed by atoms with Crippen molar-refractivity contribution in [2.24, 2.45) is 4.99 Å². The number of guanidine groups is 1. The highest BCUT2D eigenvalue weighted by atomic mass is 16.5. The molecule has 1 fully saturated rings. The number of nitrogens with one attached hydrogen (secondary N) is 2. The van der Waals surface area contributed by atoms with Crippen molar-refractivity contribution >= 4 is 5.96 Å². The monoisotopic (exact) mass is 360 g/mol. The van der Waals surface area contributed by atoms with Gasteiger partial charge in [0.05, 0.1) is 13.2 Å². The van der Waals surface area contributed by atoms with E-state index in [0.717, 1.165) is 57.4 Å². The Morgan fingerprint density at radius 1 is 1.38 bits per heavy atom. The van der Waals surface area contributed by atoms with Crippen LogP contribution in [0.2, 0.25) is 0 Å². The second kappa shape index (κ2) is 9.78. The molecule has 6 heteroatoms. The van der Waals surface area contributed by atoms with Crippen molar-refractivity contribution in [2.75, 3.05) is 53.6 Å². The fourth-order valence-corrected chi connectivity index (χ4v) is 3.78. The molecule has 1 unspecified atom stereocenters. The van der Waals surface area contributed by atoms with Crippen LogP contribution in [0.25, 0.3) is 0 Å². The van der Waals surface area contributed by atoms with Gasteiger partial charge in [-0.3, -0.25) is 9.89 Å². The molecule has 0 spiro atoms. The maximum absolute atomic E-state index is 5.57. The summed E-state index contributed by atoms with van der Waals surface area (Å²) in [5, 5.41) is 6.91. The van der Waals surface area contributed by atoms with E-state index in [4.69, 9.17) is 9.47 Å². The summed E-state index contributed by atoms with van der Waals surface area (Å²) < 4.78 is 10.8. The molecule has 2 aliphatic rings. The molecule has 0 bridgehead atoms. The van der Waals surface area contributed by atoms with Gasteiger partial charge in [0.2, 0.25) is 0 Å². The van der Waals surface area contributed by atoms with Crippen molar-refractivity contribution in [3.8, 4) is 5.75 Å². The van der Waals surface area contributed by atoms with Crippen molar-refractivity contribution in [1.29, 1.82) is 0 Å². The Bertz CT molecular complexity index is 605. The first-order chi connectivity index (χ1) is 12.8. The SMILES string of the molecule is CN=C(NCCc1ccc2c(c1)CCO2)NCC1CCCN1CCOC. The molecule has 3 rings (SSSR count). The number of fused-ring (bicyclic) bond motifs is 1. The molecule has 0 aromatic heterocycles. The zero-order valence-electron chi connectivity index (χ0n) is 16.1. The summed E-state index contributed by atoms with van der Waals surface area (Å²) in [6.07, 6.45) is 4.52. The third kappa shape index (κ3) is 5.11. The quantitative estimate of drug-likeness (QED) is 0.543. The maximum atomic E-state index is 5.57. The van der Waals surface area contributed by atoms with Gasteiger partial charge in [-0.2, -0.15) is 0 Å². The van der Waals surface area contributed by atoms with Crippen LogP contribution in [0.1, 0.15) is 24.0 Å². The predicted octanol–water partition coefficient (Wildman–Crippen LogP) is 1.44. The molecule has 1 atom stereocenters. The predicted molar refractivity (Wildman–Crippen MR) is 105 cm³/mol. The summed E-state index contributed by atoms with van der Waals surface area (Å²) in [6, 6.07) is 7.10. The van der Waals surface area contributed by atoms with Gasteiger partial charge in [0, 0.05) is 46.3 Å². The van der Waals surface area contributed by atoms with Crippen LogP contribution in [0.3, 0.4) is 0 Å². The molecule has 26 heavy (non-hydrogen) atoms. The second-order valence-corrected chi connectivity index (χ2v) is 7.00. The zero-order chi connectivity index (χ0) is 18.2. The normalized spacial score (nSPS) is 20.1. The number of benzene rings is 1. The fraction of sp³-hybridized carbons (Fsp3) is 0.650. The molecular formula is C20H32N4O2. The van der Waals surface area contributed by atoms with Crippen molar-refractivity contribution in [3.05, 3.63) is 29.3 Å². The number of nitrogens with zero attached hydrogens (tertiary/aromatic N) is 2. The molecular weight excluding hydrogens is 328 g/mol. The van der Waals surface area contributed by atoms with Gasteiger partial charge in [0.1, 0.15) is 5.75 Å². The van der Waals surface area contributed by atoms with Crippen LogP contribution in [0.15, 0.2) is 23.2 Å². The first-order valence-corrected chi connectivity index (χ1v) is 9.72. The molecule has 144 valence electrons. The third-order valence-corrected chi connectivity index (χ3v) is 5.27. The van der Waals surface area contributed by atoms with Crippen LogP contribution >= 0.6 is 0 Å². The lowest BCUT2D eigenvalue weighted by atomic mass is 10.1. The summed E-state index contributed by atoms with van der Waals surface area (Å²) in [6.45, 7) is 5.60. The molecule has 0 amide bonds. The summed E-state index contributed by atoms with van der Waals surface area (Å²) in [5.41, 5.74) is 2.68. The molecule has 2 aliphatic heterocycles. The van der Waals surface area contributed by atoms with E-state index in [-0.39, 0.29) is 0 Å².